The second-order valence-corrected chi connectivity index (χ2v) is 4.55. The number of ether oxygens (including phenoxy) is 1. The van der Waals surface area contributed by atoms with Crippen molar-refractivity contribution in [3.05, 3.63) is 0 Å². The van der Waals surface area contributed by atoms with Gasteiger partial charge in [0.1, 0.15) is 6.10 Å². The van der Waals surface area contributed by atoms with Gasteiger partial charge in [-0.2, -0.15) is 13.2 Å². The van der Waals surface area contributed by atoms with E-state index in [2.05, 4.69) is 9.64 Å². The van der Waals surface area contributed by atoms with Crippen molar-refractivity contribution in [3.8, 4) is 0 Å². The van der Waals surface area contributed by atoms with Crippen LogP contribution in [0.1, 0.15) is 25.7 Å². The predicted molar refractivity (Wildman–Crippen MR) is 49.7 cm³/mol. The fourth-order valence-electron chi connectivity index (χ4n) is 2.68. The fourth-order valence-corrected chi connectivity index (χ4v) is 2.68. The number of carbonyl (C=O) groups excluding carboxylic acids is 1. The maximum absolute atomic E-state index is 12.0. The Morgan fingerprint density at radius 2 is 1.75 bits per heavy atom. The maximum Gasteiger partial charge on any atom is 0.490 e. The van der Waals surface area contributed by atoms with Crippen LogP contribution in [0.25, 0.3) is 0 Å². The van der Waals surface area contributed by atoms with E-state index in [0.717, 1.165) is 12.8 Å². The molecule has 3 nitrogen and oxygen atoms in total. The van der Waals surface area contributed by atoms with Gasteiger partial charge in [0, 0.05) is 12.1 Å². The molecule has 0 spiro atoms. The number of fused-ring (bicyclic) bond motifs is 2. The summed E-state index contributed by atoms with van der Waals surface area (Å²) in [7, 11) is 1.98. The predicted octanol–water partition coefficient (Wildman–Crippen LogP) is 1.72. The molecule has 2 aliphatic heterocycles. The number of halogens is 3. The molecule has 0 aromatic rings. The summed E-state index contributed by atoms with van der Waals surface area (Å²) < 4.78 is 40.5. The summed E-state index contributed by atoms with van der Waals surface area (Å²) in [6.45, 7) is 0. The van der Waals surface area contributed by atoms with Crippen LogP contribution >= 0.6 is 0 Å². The average molecular weight is 237 g/mol. The molecule has 0 radical (unpaired) electrons. The molecule has 2 saturated heterocycles. The molecule has 0 aromatic carbocycles. The molecule has 2 bridgehead atoms. The van der Waals surface area contributed by atoms with Crippen LogP contribution in [0.3, 0.4) is 0 Å². The molecule has 0 saturated carbocycles. The Balaban J connectivity index is 1.92. The third-order valence-electron chi connectivity index (χ3n) is 3.56. The summed E-state index contributed by atoms with van der Waals surface area (Å²) in [5.74, 6) is -2.05. The highest BCUT2D eigenvalue weighted by Crippen LogP contribution is 2.36. The minimum Gasteiger partial charge on any atom is -0.456 e. The number of nitrogens with zero attached hydrogens (tertiary/aromatic N) is 1. The lowest BCUT2D eigenvalue weighted by Gasteiger charge is -2.35. The monoisotopic (exact) mass is 237 g/mol. The van der Waals surface area contributed by atoms with E-state index >= 15 is 0 Å². The molecule has 16 heavy (non-hydrogen) atoms. The topological polar surface area (TPSA) is 29.5 Å². The van der Waals surface area contributed by atoms with Crippen LogP contribution in [0.5, 0.6) is 0 Å². The lowest BCUT2D eigenvalue weighted by Crippen LogP contribution is -2.44. The lowest BCUT2D eigenvalue weighted by atomic mass is 10.0. The molecular formula is C10H14F3NO2. The normalized spacial score (nSPS) is 35.1. The Morgan fingerprint density at radius 1 is 1.25 bits per heavy atom. The zero-order valence-corrected chi connectivity index (χ0v) is 8.96. The molecule has 92 valence electrons. The summed E-state index contributed by atoms with van der Waals surface area (Å²) in [6, 6.07) is 0.537. The Kier molecular flexibility index (Phi) is 2.86. The Bertz CT molecular complexity index is 278. The number of piperidine rings is 1. The van der Waals surface area contributed by atoms with Gasteiger partial charge in [-0.15, -0.1) is 0 Å². The number of alkyl halides is 3. The van der Waals surface area contributed by atoms with Crippen LogP contribution < -0.4 is 0 Å². The van der Waals surface area contributed by atoms with E-state index in [1.54, 1.807) is 0 Å². The van der Waals surface area contributed by atoms with Crippen molar-refractivity contribution >= 4 is 5.97 Å². The van der Waals surface area contributed by atoms with Gasteiger partial charge in [-0.1, -0.05) is 0 Å². The molecule has 0 N–H and O–H groups in total. The van der Waals surface area contributed by atoms with Gasteiger partial charge in [-0.3, -0.25) is 0 Å². The van der Waals surface area contributed by atoms with E-state index in [0.29, 0.717) is 12.8 Å². The summed E-state index contributed by atoms with van der Waals surface area (Å²) in [6.07, 6.45) is -2.42. The summed E-state index contributed by atoms with van der Waals surface area (Å²) in [5.41, 5.74) is 0. The Hall–Kier alpha value is -0.780. The van der Waals surface area contributed by atoms with E-state index in [1.165, 1.54) is 0 Å². The second-order valence-electron chi connectivity index (χ2n) is 4.55. The number of hydrogen-bond acceptors (Lipinski definition) is 3. The molecular weight excluding hydrogens is 223 g/mol. The zero-order chi connectivity index (χ0) is 11.9. The van der Waals surface area contributed by atoms with Gasteiger partial charge in [0.25, 0.3) is 0 Å². The van der Waals surface area contributed by atoms with E-state index in [9.17, 15) is 18.0 Å². The number of rotatable bonds is 1. The van der Waals surface area contributed by atoms with E-state index < -0.39 is 18.2 Å². The third-order valence-corrected chi connectivity index (χ3v) is 3.56. The fraction of sp³-hybridized carbons (Fsp3) is 0.900. The summed E-state index contributed by atoms with van der Waals surface area (Å²) >= 11 is 0. The number of carbonyl (C=O) groups is 1. The van der Waals surface area contributed by atoms with Gasteiger partial charge >= 0.3 is 12.1 Å². The first-order chi connectivity index (χ1) is 7.38. The summed E-state index contributed by atoms with van der Waals surface area (Å²) in [5, 5.41) is 0. The minimum absolute atomic E-state index is 0.268. The number of hydrogen-bond donors (Lipinski definition) is 0. The van der Waals surface area contributed by atoms with Crippen LogP contribution in [0, 0.1) is 0 Å². The highest BCUT2D eigenvalue weighted by molar-refractivity contribution is 5.75. The molecule has 2 fully saturated rings. The van der Waals surface area contributed by atoms with Crippen molar-refractivity contribution in [2.75, 3.05) is 7.05 Å². The van der Waals surface area contributed by atoms with Crippen molar-refractivity contribution < 1.29 is 22.7 Å². The quantitative estimate of drug-likeness (QED) is 0.650. The van der Waals surface area contributed by atoms with Crippen molar-refractivity contribution in [1.29, 1.82) is 0 Å². The van der Waals surface area contributed by atoms with Gasteiger partial charge in [0.05, 0.1) is 0 Å². The molecule has 2 atom stereocenters. The smallest absolute Gasteiger partial charge is 0.456 e. The summed E-state index contributed by atoms with van der Waals surface area (Å²) in [4.78, 5) is 12.9. The molecule has 2 rings (SSSR count). The highest BCUT2D eigenvalue weighted by Gasteiger charge is 2.45. The van der Waals surface area contributed by atoms with Gasteiger partial charge < -0.3 is 9.64 Å². The molecule has 2 aliphatic rings. The second kappa shape index (κ2) is 3.91. The first kappa shape index (κ1) is 11.7. The molecule has 2 unspecified atom stereocenters. The van der Waals surface area contributed by atoms with Crippen molar-refractivity contribution in [1.82, 2.24) is 4.90 Å². The van der Waals surface area contributed by atoms with Crippen molar-refractivity contribution in [2.45, 2.75) is 50.0 Å². The zero-order valence-electron chi connectivity index (χ0n) is 8.96. The first-order valence-corrected chi connectivity index (χ1v) is 5.37. The van der Waals surface area contributed by atoms with Gasteiger partial charge in [-0.25, -0.2) is 4.79 Å². The van der Waals surface area contributed by atoms with Gasteiger partial charge in [0.2, 0.25) is 0 Å². The lowest BCUT2D eigenvalue weighted by molar-refractivity contribution is -0.207. The van der Waals surface area contributed by atoms with Crippen LogP contribution in [0.15, 0.2) is 0 Å². The minimum atomic E-state index is -4.87. The molecule has 0 aromatic heterocycles. The maximum atomic E-state index is 12.0. The Morgan fingerprint density at radius 3 is 2.19 bits per heavy atom. The van der Waals surface area contributed by atoms with E-state index in [4.69, 9.17) is 0 Å². The van der Waals surface area contributed by atoms with Crippen LogP contribution in [0.4, 0.5) is 13.2 Å². The average Bonchev–Trinajstić information content (AvgIpc) is 2.41. The van der Waals surface area contributed by atoms with Crippen LogP contribution in [-0.4, -0.2) is 42.3 Å². The molecule has 6 heteroatoms. The van der Waals surface area contributed by atoms with Crippen LogP contribution in [0.2, 0.25) is 0 Å². The molecule has 2 heterocycles. The number of esters is 1. The van der Waals surface area contributed by atoms with Crippen LogP contribution in [-0.2, 0) is 9.53 Å². The standard InChI is InChI=1S/C10H14F3NO2/c1-14-6-2-3-7(14)5-8(4-6)16-9(15)10(11,12)13/h6-8H,2-5H2,1H3. The van der Waals surface area contributed by atoms with Gasteiger partial charge in [0.15, 0.2) is 0 Å². The van der Waals surface area contributed by atoms with Gasteiger partial charge in [-0.05, 0) is 32.7 Å². The SMILES string of the molecule is CN1C2CCC1CC(OC(=O)C(F)(F)F)C2. The van der Waals surface area contributed by atoms with E-state index in [-0.39, 0.29) is 12.1 Å². The van der Waals surface area contributed by atoms with E-state index in [1.807, 2.05) is 7.05 Å². The Labute approximate surface area is 91.5 Å². The van der Waals surface area contributed by atoms with Crippen molar-refractivity contribution in [3.63, 3.8) is 0 Å². The third kappa shape index (κ3) is 2.16. The highest BCUT2D eigenvalue weighted by atomic mass is 19.4. The largest absolute Gasteiger partial charge is 0.490 e. The van der Waals surface area contributed by atoms with Crippen molar-refractivity contribution in [2.24, 2.45) is 0 Å². The first-order valence-electron chi connectivity index (χ1n) is 5.37. The molecule has 0 aliphatic carbocycles. The molecule has 0 amide bonds.